The fourth-order valence-corrected chi connectivity index (χ4v) is 2.87. The van der Waals surface area contributed by atoms with E-state index in [4.69, 9.17) is 4.74 Å². The minimum Gasteiger partial charge on any atom is -0.464 e. The molecular weight excluding hydrogens is 254 g/mol. The molecule has 1 aliphatic heterocycles. The van der Waals surface area contributed by atoms with Gasteiger partial charge in [-0.2, -0.15) is 0 Å². The molecule has 1 fully saturated rings. The number of esters is 1. The molecule has 1 aliphatic rings. The first kappa shape index (κ1) is 13.1. The van der Waals surface area contributed by atoms with Crippen LogP contribution in [0.4, 0.5) is 0 Å². The van der Waals surface area contributed by atoms with Crippen LogP contribution in [-0.2, 0) is 4.74 Å². The highest BCUT2D eigenvalue weighted by molar-refractivity contribution is 5.91. The van der Waals surface area contributed by atoms with E-state index in [9.17, 15) is 4.79 Å². The third-order valence-corrected chi connectivity index (χ3v) is 4.10. The molecule has 3 rings (SSSR count). The van der Waals surface area contributed by atoms with Crippen LogP contribution in [0.15, 0.2) is 18.3 Å². The van der Waals surface area contributed by atoms with Crippen LogP contribution in [-0.4, -0.2) is 48.1 Å². The number of likely N-dealkylation sites (tertiary alicyclic amines) is 1. The van der Waals surface area contributed by atoms with Crippen molar-refractivity contribution in [1.82, 2.24) is 14.9 Å². The van der Waals surface area contributed by atoms with Gasteiger partial charge in [-0.3, -0.25) is 0 Å². The molecule has 0 amide bonds. The fourth-order valence-electron chi connectivity index (χ4n) is 2.87. The number of piperidine rings is 1. The number of nitrogens with zero attached hydrogens (tertiary/aromatic N) is 2. The molecule has 5 nitrogen and oxygen atoms in total. The molecule has 0 radical (unpaired) electrons. The quantitative estimate of drug-likeness (QED) is 0.852. The summed E-state index contributed by atoms with van der Waals surface area (Å²) in [5.74, 6) is 0.128. The first-order valence-electron chi connectivity index (χ1n) is 6.94. The molecule has 0 spiro atoms. The molecule has 2 aromatic rings. The normalized spacial score (nSPS) is 17.5. The zero-order chi connectivity index (χ0) is 14.1. The van der Waals surface area contributed by atoms with Gasteiger partial charge in [0, 0.05) is 6.20 Å². The molecule has 3 heterocycles. The minimum absolute atomic E-state index is 0.369. The van der Waals surface area contributed by atoms with Gasteiger partial charge in [-0.25, -0.2) is 9.78 Å². The van der Waals surface area contributed by atoms with Gasteiger partial charge < -0.3 is 14.6 Å². The zero-order valence-electron chi connectivity index (χ0n) is 11.8. The monoisotopic (exact) mass is 273 g/mol. The second-order valence-electron chi connectivity index (χ2n) is 5.41. The van der Waals surface area contributed by atoms with Gasteiger partial charge in [0.05, 0.1) is 18.1 Å². The topological polar surface area (TPSA) is 58.2 Å². The van der Waals surface area contributed by atoms with E-state index in [0.29, 0.717) is 11.6 Å². The number of pyridine rings is 1. The largest absolute Gasteiger partial charge is 0.464 e. The van der Waals surface area contributed by atoms with Crippen LogP contribution in [0.2, 0.25) is 0 Å². The number of carbonyl (C=O) groups is 1. The minimum atomic E-state index is -0.387. The van der Waals surface area contributed by atoms with Crippen LogP contribution in [0.25, 0.3) is 11.0 Å². The predicted molar refractivity (Wildman–Crippen MR) is 76.9 cm³/mol. The molecule has 0 saturated carbocycles. The molecule has 0 aromatic carbocycles. The summed E-state index contributed by atoms with van der Waals surface area (Å²) in [5, 5.41) is 0. The number of H-pyrrole nitrogens is 1. The smallest absolute Gasteiger partial charge is 0.356 e. The van der Waals surface area contributed by atoms with Crippen molar-refractivity contribution in [3.05, 3.63) is 29.6 Å². The number of hydrogen-bond donors (Lipinski definition) is 1. The molecule has 2 aromatic heterocycles. The summed E-state index contributed by atoms with van der Waals surface area (Å²) < 4.78 is 4.74. The molecule has 1 N–H and O–H groups in total. The standard InChI is InChI=1S/C15H19N3O2/c1-18-7-5-10(6-8-18)11-9-16-12-3-4-13(15(19)20-2)17-14(11)12/h3-4,9-10,16H,5-8H2,1-2H3. The van der Waals surface area contributed by atoms with Crippen LogP contribution in [0.3, 0.4) is 0 Å². The molecule has 1 saturated heterocycles. The van der Waals surface area contributed by atoms with Gasteiger partial charge in [0.25, 0.3) is 0 Å². The van der Waals surface area contributed by atoms with E-state index in [1.165, 1.54) is 12.7 Å². The van der Waals surface area contributed by atoms with Crippen LogP contribution in [0, 0.1) is 0 Å². The van der Waals surface area contributed by atoms with Crippen LogP contribution >= 0.6 is 0 Å². The second kappa shape index (κ2) is 5.25. The molecule has 106 valence electrons. The fraction of sp³-hybridized carbons (Fsp3) is 0.467. The summed E-state index contributed by atoms with van der Waals surface area (Å²) >= 11 is 0. The molecule has 0 unspecified atom stereocenters. The van der Waals surface area contributed by atoms with Crippen molar-refractivity contribution >= 4 is 17.0 Å². The maximum absolute atomic E-state index is 11.6. The van der Waals surface area contributed by atoms with Gasteiger partial charge in [-0.15, -0.1) is 0 Å². The molecule has 0 atom stereocenters. The van der Waals surface area contributed by atoms with Crippen molar-refractivity contribution in [1.29, 1.82) is 0 Å². The Morgan fingerprint density at radius 2 is 2.15 bits per heavy atom. The van der Waals surface area contributed by atoms with Crippen molar-refractivity contribution in [2.45, 2.75) is 18.8 Å². The summed E-state index contributed by atoms with van der Waals surface area (Å²) in [7, 11) is 3.53. The lowest BCUT2D eigenvalue weighted by molar-refractivity contribution is 0.0594. The Morgan fingerprint density at radius 1 is 1.40 bits per heavy atom. The Balaban J connectivity index is 1.96. The highest BCUT2D eigenvalue weighted by Crippen LogP contribution is 2.32. The van der Waals surface area contributed by atoms with Gasteiger partial charge >= 0.3 is 5.97 Å². The van der Waals surface area contributed by atoms with Gasteiger partial charge in [0.1, 0.15) is 5.69 Å². The Hall–Kier alpha value is -1.88. The molecule has 0 aliphatic carbocycles. The third kappa shape index (κ3) is 2.29. The Labute approximate surface area is 117 Å². The van der Waals surface area contributed by atoms with E-state index in [0.717, 1.165) is 37.0 Å². The lowest BCUT2D eigenvalue weighted by Gasteiger charge is -2.28. The van der Waals surface area contributed by atoms with E-state index in [2.05, 4.69) is 21.9 Å². The third-order valence-electron chi connectivity index (χ3n) is 4.10. The van der Waals surface area contributed by atoms with Crippen molar-refractivity contribution < 1.29 is 9.53 Å². The average Bonchev–Trinajstić information content (AvgIpc) is 2.90. The predicted octanol–water partition coefficient (Wildman–Crippen LogP) is 2.16. The Bertz CT molecular complexity index is 627. The molecular formula is C15H19N3O2. The second-order valence-corrected chi connectivity index (χ2v) is 5.41. The number of nitrogens with one attached hydrogen (secondary N) is 1. The van der Waals surface area contributed by atoms with Gasteiger partial charge in [-0.05, 0) is 56.6 Å². The van der Waals surface area contributed by atoms with E-state index in [1.807, 2.05) is 12.3 Å². The number of hydrogen-bond acceptors (Lipinski definition) is 4. The van der Waals surface area contributed by atoms with Crippen LogP contribution in [0.5, 0.6) is 0 Å². The van der Waals surface area contributed by atoms with Gasteiger partial charge in [0.15, 0.2) is 0 Å². The Morgan fingerprint density at radius 3 is 2.85 bits per heavy atom. The van der Waals surface area contributed by atoms with E-state index in [1.54, 1.807) is 6.07 Å². The number of rotatable bonds is 2. The summed E-state index contributed by atoms with van der Waals surface area (Å²) in [5.41, 5.74) is 3.47. The average molecular weight is 273 g/mol. The maximum atomic E-state index is 11.6. The van der Waals surface area contributed by atoms with E-state index >= 15 is 0 Å². The van der Waals surface area contributed by atoms with Crippen molar-refractivity contribution in [2.75, 3.05) is 27.2 Å². The summed E-state index contributed by atoms with van der Waals surface area (Å²) in [6, 6.07) is 3.59. The number of methoxy groups -OCH3 is 1. The SMILES string of the molecule is COC(=O)c1ccc2[nH]cc(C3CCN(C)CC3)c2n1. The maximum Gasteiger partial charge on any atom is 0.356 e. The number of aromatic amines is 1. The van der Waals surface area contributed by atoms with Gasteiger partial charge in [0.2, 0.25) is 0 Å². The molecule has 0 bridgehead atoms. The number of aromatic nitrogens is 2. The van der Waals surface area contributed by atoms with Crippen LogP contribution in [0.1, 0.15) is 34.8 Å². The van der Waals surface area contributed by atoms with Crippen molar-refractivity contribution in [3.8, 4) is 0 Å². The number of ether oxygens (including phenoxy) is 1. The number of carbonyl (C=O) groups excluding carboxylic acids is 1. The highest BCUT2D eigenvalue weighted by atomic mass is 16.5. The van der Waals surface area contributed by atoms with Gasteiger partial charge in [-0.1, -0.05) is 0 Å². The zero-order valence-corrected chi connectivity index (χ0v) is 11.8. The first-order valence-corrected chi connectivity index (χ1v) is 6.94. The van der Waals surface area contributed by atoms with Crippen molar-refractivity contribution in [3.63, 3.8) is 0 Å². The molecule has 5 heteroatoms. The lowest BCUT2D eigenvalue weighted by Crippen LogP contribution is -2.29. The van der Waals surface area contributed by atoms with E-state index in [-0.39, 0.29) is 5.97 Å². The Kier molecular flexibility index (Phi) is 3.44. The van der Waals surface area contributed by atoms with E-state index < -0.39 is 0 Å². The lowest BCUT2D eigenvalue weighted by atomic mass is 9.90. The van der Waals surface area contributed by atoms with Crippen molar-refractivity contribution in [2.24, 2.45) is 0 Å². The summed E-state index contributed by atoms with van der Waals surface area (Å²) in [6.45, 7) is 2.21. The van der Waals surface area contributed by atoms with Crippen LogP contribution < -0.4 is 0 Å². The molecule has 20 heavy (non-hydrogen) atoms. The highest BCUT2D eigenvalue weighted by Gasteiger charge is 2.22. The summed E-state index contributed by atoms with van der Waals surface area (Å²) in [4.78, 5) is 21.7. The number of fused-ring (bicyclic) bond motifs is 1. The summed E-state index contributed by atoms with van der Waals surface area (Å²) in [6.07, 6.45) is 4.30. The first-order chi connectivity index (χ1) is 9.69.